The summed E-state index contributed by atoms with van der Waals surface area (Å²) in [6, 6.07) is 22.9. The average Bonchev–Trinajstić information content (AvgIpc) is 3.11. The first-order valence-electron chi connectivity index (χ1n) is 10.5. The van der Waals surface area contributed by atoms with Crippen molar-refractivity contribution in [3.05, 3.63) is 94.5 Å². The van der Waals surface area contributed by atoms with Gasteiger partial charge in [0.1, 0.15) is 6.61 Å². The van der Waals surface area contributed by atoms with E-state index in [4.69, 9.17) is 16.3 Å². The SMILES string of the molecule is CN(C(=O)OCC1c2ccccc2-c2ccccc21)C(CC(=O)O)Cc1ccc(Cl)cc1. The Bertz CT molecular complexity index is 1080. The first kappa shape index (κ1) is 21.9. The lowest BCUT2D eigenvalue weighted by Crippen LogP contribution is -2.40. The van der Waals surface area contributed by atoms with E-state index >= 15 is 0 Å². The number of rotatable bonds is 7. The van der Waals surface area contributed by atoms with Gasteiger partial charge in [-0.2, -0.15) is 0 Å². The Kier molecular flexibility index (Phi) is 6.47. The van der Waals surface area contributed by atoms with Gasteiger partial charge in [0.05, 0.1) is 6.42 Å². The van der Waals surface area contributed by atoms with Gasteiger partial charge in [0.2, 0.25) is 0 Å². The van der Waals surface area contributed by atoms with Crippen molar-refractivity contribution in [3.8, 4) is 11.1 Å². The Hall–Kier alpha value is -3.31. The number of nitrogens with zero attached hydrogens (tertiary/aromatic N) is 1. The van der Waals surface area contributed by atoms with Gasteiger partial charge < -0.3 is 14.7 Å². The molecule has 0 saturated carbocycles. The van der Waals surface area contributed by atoms with E-state index in [0.717, 1.165) is 27.8 Å². The van der Waals surface area contributed by atoms with Gasteiger partial charge in [-0.25, -0.2) is 4.79 Å². The molecule has 4 rings (SSSR count). The van der Waals surface area contributed by atoms with Crippen LogP contribution in [-0.2, 0) is 16.0 Å². The zero-order chi connectivity index (χ0) is 22.7. The molecule has 1 aliphatic rings. The van der Waals surface area contributed by atoms with Gasteiger partial charge in [0.15, 0.2) is 0 Å². The van der Waals surface area contributed by atoms with Gasteiger partial charge >= 0.3 is 12.1 Å². The van der Waals surface area contributed by atoms with Crippen molar-refractivity contribution in [1.82, 2.24) is 4.90 Å². The number of hydrogen-bond acceptors (Lipinski definition) is 3. The molecule has 0 aliphatic heterocycles. The van der Waals surface area contributed by atoms with E-state index in [0.29, 0.717) is 11.4 Å². The van der Waals surface area contributed by atoms with Crippen LogP contribution in [0.4, 0.5) is 4.79 Å². The standard InChI is InChI=1S/C26H24ClNO4/c1-28(19(15-25(29)30)14-17-10-12-18(27)13-11-17)26(31)32-16-24-22-8-4-2-6-20(22)21-7-3-5-9-23(21)24/h2-13,19,24H,14-16H2,1H3,(H,29,30). The molecule has 0 spiro atoms. The number of amides is 1. The molecule has 0 fully saturated rings. The number of carbonyl (C=O) groups excluding carboxylic acids is 1. The van der Waals surface area contributed by atoms with Crippen LogP contribution in [0.3, 0.4) is 0 Å². The van der Waals surface area contributed by atoms with E-state index < -0.39 is 18.1 Å². The molecule has 0 bridgehead atoms. The summed E-state index contributed by atoms with van der Waals surface area (Å²) in [6.45, 7) is 0.192. The molecule has 6 heteroatoms. The van der Waals surface area contributed by atoms with Crippen LogP contribution in [0.1, 0.15) is 29.0 Å². The molecule has 164 valence electrons. The molecule has 3 aromatic carbocycles. The lowest BCUT2D eigenvalue weighted by atomic mass is 9.98. The summed E-state index contributed by atoms with van der Waals surface area (Å²) < 4.78 is 5.69. The smallest absolute Gasteiger partial charge is 0.409 e. The summed E-state index contributed by atoms with van der Waals surface area (Å²) in [5.41, 5.74) is 5.48. The molecule has 0 heterocycles. The fourth-order valence-corrected chi connectivity index (χ4v) is 4.41. The summed E-state index contributed by atoms with van der Waals surface area (Å²) in [5, 5.41) is 9.96. The predicted octanol–water partition coefficient (Wildman–Crippen LogP) is 5.61. The van der Waals surface area contributed by atoms with Gasteiger partial charge in [-0.05, 0) is 46.4 Å². The maximum Gasteiger partial charge on any atom is 0.409 e. The van der Waals surface area contributed by atoms with Crippen LogP contribution in [0.5, 0.6) is 0 Å². The van der Waals surface area contributed by atoms with Gasteiger partial charge in [-0.15, -0.1) is 0 Å². The molecular formula is C26H24ClNO4. The topological polar surface area (TPSA) is 66.8 Å². The highest BCUT2D eigenvalue weighted by molar-refractivity contribution is 6.30. The Morgan fingerprint density at radius 1 is 0.969 bits per heavy atom. The zero-order valence-corrected chi connectivity index (χ0v) is 18.5. The minimum atomic E-state index is -0.970. The maximum atomic E-state index is 12.9. The molecule has 3 aromatic rings. The largest absolute Gasteiger partial charge is 0.481 e. The molecule has 1 atom stereocenters. The van der Waals surface area contributed by atoms with Crippen LogP contribution in [-0.4, -0.2) is 41.8 Å². The number of fused-ring (bicyclic) bond motifs is 3. The Morgan fingerprint density at radius 3 is 2.09 bits per heavy atom. The van der Waals surface area contributed by atoms with Gasteiger partial charge in [0, 0.05) is 24.0 Å². The molecule has 0 aromatic heterocycles. The van der Waals surface area contributed by atoms with Gasteiger partial charge in [-0.3, -0.25) is 4.79 Å². The van der Waals surface area contributed by atoms with E-state index in [1.807, 2.05) is 36.4 Å². The lowest BCUT2D eigenvalue weighted by Gasteiger charge is -2.27. The second-order valence-electron chi connectivity index (χ2n) is 8.00. The number of benzene rings is 3. The summed E-state index contributed by atoms with van der Waals surface area (Å²) in [4.78, 5) is 25.7. The monoisotopic (exact) mass is 449 g/mol. The highest BCUT2D eigenvalue weighted by Gasteiger charge is 2.30. The number of hydrogen-bond donors (Lipinski definition) is 1. The number of aliphatic carboxylic acids is 1. The van der Waals surface area contributed by atoms with Gasteiger partial charge in [-0.1, -0.05) is 72.3 Å². The second-order valence-corrected chi connectivity index (χ2v) is 8.43. The van der Waals surface area contributed by atoms with Crippen molar-refractivity contribution in [3.63, 3.8) is 0 Å². The van der Waals surface area contributed by atoms with Crippen LogP contribution in [0.2, 0.25) is 5.02 Å². The van der Waals surface area contributed by atoms with Crippen LogP contribution in [0, 0.1) is 0 Å². The third-order valence-corrected chi connectivity index (χ3v) is 6.22. The Balaban J connectivity index is 1.47. The minimum absolute atomic E-state index is 0.0473. The van der Waals surface area contributed by atoms with Crippen molar-refractivity contribution >= 4 is 23.7 Å². The Morgan fingerprint density at radius 2 is 1.53 bits per heavy atom. The van der Waals surface area contributed by atoms with Crippen molar-refractivity contribution in [2.24, 2.45) is 0 Å². The number of carboxylic acid groups (broad SMARTS) is 1. The van der Waals surface area contributed by atoms with Crippen LogP contribution >= 0.6 is 11.6 Å². The molecule has 1 N–H and O–H groups in total. The van der Waals surface area contributed by atoms with E-state index in [-0.39, 0.29) is 18.9 Å². The molecule has 5 nitrogen and oxygen atoms in total. The number of halogens is 1. The maximum absolute atomic E-state index is 12.9. The molecule has 0 radical (unpaired) electrons. The number of carboxylic acids is 1. The molecular weight excluding hydrogens is 426 g/mol. The van der Waals surface area contributed by atoms with Crippen molar-refractivity contribution in [2.75, 3.05) is 13.7 Å². The van der Waals surface area contributed by atoms with Crippen LogP contribution in [0.25, 0.3) is 11.1 Å². The first-order chi connectivity index (χ1) is 15.4. The van der Waals surface area contributed by atoms with E-state index in [1.165, 1.54) is 4.90 Å². The van der Waals surface area contributed by atoms with Crippen LogP contribution < -0.4 is 0 Å². The molecule has 32 heavy (non-hydrogen) atoms. The fraction of sp³-hybridized carbons (Fsp3) is 0.231. The fourth-order valence-electron chi connectivity index (χ4n) is 4.29. The summed E-state index contributed by atoms with van der Waals surface area (Å²) in [6.07, 6.45) is -0.319. The highest BCUT2D eigenvalue weighted by Crippen LogP contribution is 2.44. The minimum Gasteiger partial charge on any atom is -0.481 e. The number of ether oxygens (including phenoxy) is 1. The van der Waals surface area contributed by atoms with Crippen molar-refractivity contribution in [2.45, 2.75) is 24.8 Å². The average molecular weight is 450 g/mol. The van der Waals surface area contributed by atoms with E-state index in [9.17, 15) is 14.7 Å². The normalized spacial score (nSPS) is 13.2. The number of carbonyl (C=O) groups is 2. The molecule has 1 amide bonds. The zero-order valence-electron chi connectivity index (χ0n) is 17.7. The van der Waals surface area contributed by atoms with Crippen molar-refractivity contribution < 1.29 is 19.4 Å². The van der Waals surface area contributed by atoms with Crippen LogP contribution in [0.15, 0.2) is 72.8 Å². The predicted molar refractivity (Wildman–Crippen MR) is 124 cm³/mol. The van der Waals surface area contributed by atoms with Crippen molar-refractivity contribution in [1.29, 1.82) is 0 Å². The third kappa shape index (κ3) is 4.63. The number of likely N-dealkylation sites (N-methyl/N-ethyl adjacent to an activating group) is 1. The summed E-state index contributed by atoms with van der Waals surface area (Å²) in [5.74, 6) is -1.02. The first-order valence-corrected chi connectivity index (χ1v) is 10.9. The van der Waals surface area contributed by atoms with Gasteiger partial charge in [0.25, 0.3) is 0 Å². The van der Waals surface area contributed by atoms with E-state index in [1.54, 1.807) is 19.2 Å². The molecule has 0 saturated heterocycles. The molecule has 1 unspecified atom stereocenters. The summed E-state index contributed by atoms with van der Waals surface area (Å²) >= 11 is 5.94. The third-order valence-electron chi connectivity index (χ3n) is 5.97. The second kappa shape index (κ2) is 9.45. The summed E-state index contributed by atoms with van der Waals surface area (Å²) in [7, 11) is 1.59. The quantitative estimate of drug-likeness (QED) is 0.509. The highest BCUT2D eigenvalue weighted by atomic mass is 35.5. The lowest BCUT2D eigenvalue weighted by molar-refractivity contribution is -0.138. The Labute approximate surface area is 192 Å². The van der Waals surface area contributed by atoms with E-state index in [2.05, 4.69) is 24.3 Å². The molecule has 1 aliphatic carbocycles.